The van der Waals surface area contributed by atoms with Gasteiger partial charge >= 0.3 is 5.97 Å². The fraction of sp³-hybridized carbons (Fsp3) is 0.696. The van der Waals surface area contributed by atoms with E-state index >= 15 is 0 Å². The summed E-state index contributed by atoms with van der Waals surface area (Å²) in [5.74, 6) is 0.335. The molecule has 5 nitrogen and oxygen atoms in total. The highest BCUT2D eigenvalue weighted by molar-refractivity contribution is 6.74. The Balaban J connectivity index is 2.90. The van der Waals surface area contributed by atoms with Crippen LogP contribution in [0, 0.1) is 0 Å². The van der Waals surface area contributed by atoms with Crippen molar-refractivity contribution in [2.75, 3.05) is 20.3 Å². The zero-order valence-electron chi connectivity index (χ0n) is 20.8. The van der Waals surface area contributed by atoms with Gasteiger partial charge in [0.05, 0.1) is 19.3 Å². The Morgan fingerprint density at radius 2 is 1.37 bits per heavy atom. The van der Waals surface area contributed by atoms with Gasteiger partial charge in [0.1, 0.15) is 18.5 Å². The van der Waals surface area contributed by atoms with Crippen molar-refractivity contribution < 1.29 is 23.1 Å². The van der Waals surface area contributed by atoms with Crippen LogP contribution in [0.5, 0.6) is 5.75 Å². The predicted octanol–water partition coefficient (Wildman–Crippen LogP) is 6.26. The van der Waals surface area contributed by atoms with Gasteiger partial charge in [0, 0.05) is 0 Å². The van der Waals surface area contributed by atoms with Gasteiger partial charge < -0.3 is 18.3 Å². The smallest absolute Gasteiger partial charge is 0.338 e. The molecule has 0 fully saturated rings. The molecule has 0 heterocycles. The van der Waals surface area contributed by atoms with Gasteiger partial charge in [-0.3, -0.25) is 0 Å². The molecule has 1 aromatic carbocycles. The third kappa shape index (κ3) is 7.52. The number of hydrogen-bond donors (Lipinski definition) is 0. The first kappa shape index (κ1) is 26.9. The van der Waals surface area contributed by atoms with E-state index in [1.54, 1.807) is 31.4 Å². The third-order valence-electron chi connectivity index (χ3n) is 6.43. The van der Waals surface area contributed by atoms with Gasteiger partial charge in [-0.05, 0) is 60.5 Å². The van der Waals surface area contributed by atoms with Crippen LogP contribution < -0.4 is 4.74 Å². The summed E-state index contributed by atoms with van der Waals surface area (Å²) in [6.07, 6.45) is -0.290. The van der Waals surface area contributed by atoms with Crippen LogP contribution in [0.2, 0.25) is 36.3 Å². The van der Waals surface area contributed by atoms with Crippen molar-refractivity contribution in [1.29, 1.82) is 0 Å². The second-order valence-corrected chi connectivity index (χ2v) is 20.5. The molecule has 1 aromatic rings. The molecule has 7 heteroatoms. The van der Waals surface area contributed by atoms with Crippen molar-refractivity contribution in [2.45, 2.75) is 83.9 Å². The molecule has 0 aromatic heterocycles. The molecular formula is C23H42O5Si2. The minimum absolute atomic E-state index is 0.0578. The molecule has 1 atom stereocenters. The minimum atomic E-state index is -2.05. The highest BCUT2D eigenvalue weighted by Crippen LogP contribution is 2.39. The number of methoxy groups -OCH3 is 1. The van der Waals surface area contributed by atoms with Crippen LogP contribution >= 0.6 is 0 Å². The van der Waals surface area contributed by atoms with Gasteiger partial charge in [0.2, 0.25) is 0 Å². The molecule has 1 unspecified atom stereocenters. The van der Waals surface area contributed by atoms with Crippen LogP contribution in [-0.2, 0) is 13.6 Å². The lowest BCUT2D eigenvalue weighted by Gasteiger charge is -2.41. The molecule has 172 valence electrons. The first-order valence-electron chi connectivity index (χ1n) is 10.6. The number of esters is 1. The molecule has 0 bridgehead atoms. The average molecular weight is 455 g/mol. The van der Waals surface area contributed by atoms with Gasteiger partial charge in [-0.15, -0.1) is 0 Å². The van der Waals surface area contributed by atoms with E-state index in [1.165, 1.54) is 0 Å². The number of ether oxygens (including phenoxy) is 2. The Morgan fingerprint density at radius 3 is 1.80 bits per heavy atom. The summed E-state index contributed by atoms with van der Waals surface area (Å²) in [6, 6.07) is 6.91. The van der Waals surface area contributed by atoms with E-state index in [-0.39, 0.29) is 28.8 Å². The van der Waals surface area contributed by atoms with E-state index in [2.05, 4.69) is 67.7 Å². The summed E-state index contributed by atoms with van der Waals surface area (Å²) in [4.78, 5) is 12.5. The minimum Gasteiger partial charge on any atom is -0.497 e. The summed E-state index contributed by atoms with van der Waals surface area (Å²) in [6.45, 7) is 22.7. The number of hydrogen-bond acceptors (Lipinski definition) is 5. The fourth-order valence-corrected chi connectivity index (χ4v) is 4.56. The second kappa shape index (κ2) is 9.98. The van der Waals surface area contributed by atoms with Crippen molar-refractivity contribution in [3.8, 4) is 5.75 Å². The summed E-state index contributed by atoms with van der Waals surface area (Å²) < 4.78 is 23.8. The molecule has 0 N–H and O–H groups in total. The normalized spacial score (nSPS) is 14.4. The SMILES string of the molecule is COc1ccc(C(=O)OCC(CO[Si](C)(C)C(C)(C)C)O[Si](C)(C)C(C)(C)C)cc1. The van der Waals surface area contributed by atoms with Gasteiger partial charge in [0.25, 0.3) is 0 Å². The van der Waals surface area contributed by atoms with E-state index in [9.17, 15) is 4.79 Å². The highest BCUT2D eigenvalue weighted by Gasteiger charge is 2.41. The lowest BCUT2D eigenvalue weighted by Crippen LogP contribution is -2.49. The predicted molar refractivity (Wildman–Crippen MR) is 128 cm³/mol. The molecule has 30 heavy (non-hydrogen) atoms. The molecule has 0 aliphatic heterocycles. The summed E-state index contributed by atoms with van der Waals surface area (Å²) in [5, 5.41) is 0.163. The lowest BCUT2D eigenvalue weighted by atomic mass is 10.2. The highest BCUT2D eigenvalue weighted by atomic mass is 28.4. The number of carbonyl (C=O) groups excluding carboxylic acids is 1. The van der Waals surface area contributed by atoms with Crippen LogP contribution in [0.15, 0.2) is 24.3 Å². The number of benzene rings is 1. The van der Waals surface area contributed by atoms with Crippen LogP contribution in [-0.4, -0.2) is 49.0 Å². The summed E-state index contributed by atoms with van der Waals surface area (Å²) in [7, 11) is -2.39. The zero-order valence-corrected chi connectivity index (χ0v) is 22.8. The quantitative estimate of drug-likeness (QED) is 0.325. The topological polar surface area (TPSA) is 54.0 Å². The maximum absolute atomic E-state index is 12.5. The van der Waals surface area contributed by atoms with E-state index in [0.717, 1.165) is 0 Å². The zero-order chi connectivity index (χ0) is 23.4. The molecule has 0 spiro atoms. The van der Waals surface area contributed by atoms with Crippen LogP contribution in [0.3, 0.4) is 0 Å². The van der Waals surface area contributed by atoms with Gasteiger partial charge in [-0.2, -0.15) is 0 Å². The molecule has 0 amide bonds. The number of rotatable bonds is 9. The number of carbonyl (C=O) groups is 1. The van der Waals surface area contributed by atoms with Crippen LogP contribution in [0.4, 0.5) is 0 Å². The van der Waals surface area contributed by atoms with Gasteiger partial charge in [-0.25, -0.2) is 4.79 Å². The molecule has 0 radical (unpaired) electrons. The van der Waals surface area contributed by atoms with Gasteiger partial charge in [-0.1, -0.05) is 41.5 Å². The fourth-order valence-electron chi connectivity index (χ4n) is 2.21. The van der Waals surface area contributed by atoms with Gasteiger partial charge in [0.15, 0.2) is 16.6 Å². The van der Waals surface area contributed by atoms with E-state index in [1.807, 2.05) is 0 Å². The van der Waals surface area contributed by atoms with Crippen molar-refractivity contribution in [3.63, 3.8) is 0 Å². The van der Waals surface area contributed by atoms with Crippen LogP contribution in [0.25, 0.3) is 0 Å². The third-order valence-corrected chi connectivity index (χ3v) is 15.5. The van der Waals surface area contributed by atoms with Crippen molar-refractivity contribution in [1.82, 2.24) is 0 Å². The largest absolute Gasteiger partial charge is 0.497 e. The van der Waals surface area contributed by atoms with E-state index in [4.69, 9.17) is 18.3 Å². The summed E-state index contributed by atoms with van der Waals surface area (Å²) >= 11 is 0. The maximum atomic E-state index is 12.5. The monoisotopic (exact) mass is 454 g/mol. The standard InChI is InChI=1S/C23H42O5Si2/c1-22(2,3)29(8,9)27-17-20(28-30(10,11)23(4,5)6)16-26-21(24)18-12-14-19(25-7)15-13-18/h12-15,20H,16-17H2,1-11H3. The van der Waals surface area contributed by atoms with Crippen LogP contribution in [0.1, 0.15) is 51.9 Å². The first-order valence-corrected chi connectivity index (χ1v) is 16.4. The van der Waals surface area contributed by atoms with Crippen molar-refractivity contribution >= 4 is 22.6 Å². The Hall–Kier alpha value is -1.16. The molecule has 0 aliphatic rings. The Bertz CT molecular complexity index is 685. The summed E-state index contributed by atoms with van der Waals surface area (Å²) in [5.41, 5.74) is 0.493. The van der Waals surface area contributed by atoms with E-state index in [0.29, 0.717) is 17.9 Å². The molecule has 1 rings (SSSR count). The lowest BCUT2D eigenvalue weighted by molar-refractivity contribution is 0.0153. The van der Waals surface area contributed by atoms with Crippen molar-refractivity contribution in [2.24, 2.45) is 0 Å². The first-order chi connectivity index (χ1) is 13.5. The Morgan fingerprint density at radius 1 is 0.867 bits per heavy atom. The molecule has 0 aliphatic carbocycles. The maximum Gasteiger partial charge on any atom is 0.338 e. The molecule has 0 saturated carbocycles. The average Bonchev–Trinajstić information content (AvgIpc) is 2.61. The second-order valence-electron chi connectivity index (χ2n) is 10.9. The molecule has 0 saturated heterocycles. The Kier molecular flexibility index (Phi) is 8.94. The van der Waals surface area contributed by atoms with E-state index < -0.39 is 16.6 Å². The Labute approximate surface area is 185 Å². The molecular weight excluding hydrogens is 412 g/mol. The van der Waals surface area contributed by atoms with Crippen molar-refractivity contribution in [3.05, 3.63) is 29.8 Å².